The molecule has 0 aliphatic carbocycles. The molecule has 0 aliphatic rings. The normalized spacial score (nSPS) is 11.3. The van der Waals surface area contributed by atoms with Crippen molar-refractivity contribution in [1.29, 1.82) is 0 Å². The summed E-state index contributed by atoms with van der Waals surface area (Å²) in [4.78, 5) is 0. The molecule has 0 bridgehead atoms. The van der Waals surface area contributed by atoms with E-state index in [1.807, 2.05) is 24.3 Å². The lowest BCUT2D eigenvalue weighted by atomic mass is 10.0. The summed E-state index contributed by atoms with van der Waals surface area (Å²) in [5.41, 5.74) is 2.99. The van der Waals surface area contributed by atoms with E-state index in [9.17, 15) is 17.6 Å². The molecule has 4 aromatic rings. The van der Waals surface area contributed by atoms with Gasteiger partial charge in [-0.3, -0.25) is 4.39 Å². The molecule has 0 N–H and O–H groups in total. The van der Waals surface area contributed by atoms with Crippen molar-refractivity contribution < 1.29 is 27.0 Å². The second-order valence-electron chi connectivity index (χ2n) is 8.56. The third kappa shape index (κ3) is 8.38. The van der Waals surface area contributed by atoms with Gasteiger partial charge in [0.1, 0.15) is 29.0 Å². The number of alkyl halides is 1. The zero-order valence-electron chi connectivity index (χ0n) is 20.9. The molecule has 0 fully saturated rings. The molecule has 194 valence electrons. The average Bonchev–Trinajstić information content (AvgIpc) is 2.91. The van der Waals surface area contributed by atoms with Gasteiger partial charge in [0.2, 0.25) is 0 Å². The van der Waals surface area contributed by atoms with Gasteiger partial charge in [-0.1, -0.05) is 43.3 Å². The minimum Gasteiger partial charge on any atom is -0.494 e. The summed E-state index contributed by atoms with van der Waals surface area (Å²) in [5.74, 6) is 0.625. The van der Waals surface area contributed by atoms with E-state index < -0.39 is 5.82 Å². The zero-order valence-corrected chi connectivity index (χ0v) is 20.9. The second-order valence-corrected chi connectivity index (χ2v) is 8.56. The van der Waals surface area contributed by atoms with Gasteiger partial charge in [0.15, 0.2) is 0 Å². The summed E-state index contributed by atoms with van der Waals surface area (Å²) in [6, 6.07) is 24.6. The minimum absolute atomic E-state index is 0.250. The number of hydrogen-bond acceptors (Lipinski definition) is 2. The summed E-state index contributed by atoms with van der Waals surface area (Å²) in [5, 5.41) is 0. The van der Waals surface area contributed by atoms with Crippen LogP contribution in [0.4, 0.5) is 17.6 Å². The highest BCUT2D eigenvalue weighted by Crippen LogP contribution is 2.27. The third-order valence-electron chi connectivity index (χ3n) is 5.89. The quantitative estimate of drug-likeness (QED) is 0.198. The molecule has 0 spiro atoms. The Morgan fingerprint density at radius 1 is 0.568 bits per heavy atom. The highest BCUT2D eigenvalue weighted by molar-refractivity contribution is 5.65. The van der Waals surface area contributed by atoms with Crippen LogP contribution in [0.15, 0.2) is 91.0 Å². The molecule has 0 radical (unpaired) electrons. The van der Waals surface area contributed by atoms with Crippen LogP contribution in [0.25, 0.3) is 22.3 Å². The lowest BCUT2D eigenvalue weighted by Gasteiger charge is -2.14. The van der Waals surface area contributed by atoms with Gasteiger partial charge in [-0.15, -0.1) is 0 Å². The van der Waals surface area contributed by atoms with Crippen LogP contribution >= 0.6 is 0 Å². The van der Waals surface area contributed by atoms with E-state index in [0.717, 1.165) is 29.7 Å². The molecule has 0 saturated carbocycles. The first-order valence-corrected chi connectivity index (χ1v) is 12.0. The Hall–Kier alpha value is -3.80. The minimum atomic E-state index is -0.402. The molecule has 4 aromatic carbocycles. The number of ether oxygens (including phenoxy) is 2. The average molecular weight is 511 g/mol. The molecule has 6 heteroatoms. The summed E-state index contributed by atoms with van der Waals surface area (Å²) in [6.07, 6.45) is 1.68. The molecule has 0 aromatic heterocycles. The SMILES string of the molecule is CC(CCOc1ccc(-c2ccc(F)cc2)cc1)CCOc1ccc(-c2ccc(F)cc2)c(F)c1.CF. The van der Waals surface area contributed by atoms with Crippen molar-refractivity contribution in [3.63, 3.8) is 0 Å². The molecule has 0 amide bonds. The van der Waals surface area contributed by atoms with Crippen LogP contribution in [0.1, 0.15) is 19.8 Å². The van der Waals surface area contributed by atoms with Crippen molar-refractivity contribution in [2.45, 2.75) is 19.8 Å². The predicted molar refractivity (Wildman–Crippen MR) is 140 cm³/mol. The van der Waals surface area contributed by atoms with Crippen molar-refractivity contribution in [1.82, 2.24) is 0 Å². The molecule has 4 rings (SSSR count). The molecule has 0 saturated heterocycles. The zero-order chi connectivity index (χ0) is 26.6. The Kier molecular flexibility index (Phi) is 10.6. The van der Waals surface area contributed by atoms with Gasteiger partial charge in [-0.05, 0) is 84.0 Å². The highest BCUT2D eigenvalue weighted by Gasteiger charge is 2.09. The van der Waals surface area contributed by atoms with Gasteiger partial charge in [0, 0.05) is 11.6 Å². The Morgan fingerprint density at radius 2 is 1.00 bits per heavy atom. The van der Waals surface area contributed by atoms with Crippen LogP contribution in [0.3, 0.4) is 0 Å². The number of hydrogen-bond donors (Lipinski definition) is 0. The Bertz CT molecular complexity index is 1220. The van der Waals surface area contributed by atoms with E-state index in [2.05, 4.69) is 6.92 Å². The van der Waals surface area contributed by atoms with Crippen molar-refractivity contribution in [3.8, 4) is 33.8 Å². The lowest BCUT2D eigenvalue weighted by Crippen LogP contribution is -2.08. The van der Waals surface area contributed by atoms with E-state index in [4.69, 9.17) is 9.47 Å². The number of benzene rings is 4. The summed E-state index contributed by atoms with van der Waals surface area (Å²) in [7, 11) is 0.500. The monoisotopic (exact) mass is 510 g/mol. The van der Waals surface area contributed by atoms with E-state index in [0.29, 0.717) is 43.2 Å². The molecular weight excluding hydrogens is 480 g/mol. The van der Waals surface area contributed by atoms with Crippen molar-refractivity contribution in [2.75, 3.05) is 20.4 Å². The molecule has 37 heavy (non-hydrogen) atoms. The van der Waals surface area contributed by atoms with Crippen molar-refractivity contribution >= 4 is 0 Å². The summed E-state index contributed by atoms with van der Waals surface area (Å²) < 4.78 is 61.7. The fourth-order valence-electron chi connectivity index (χ4n) is 3.74. The Balaban J connectivity index is 0.00000186. The first kappa shape index (κ1) is 27.8. The van der Waals surface area contributed by atoms with Crippen molar-refractivity contribution in [2.24, 2.45) is 5.92 Å². The Morgan fingerprint density at radius 3 is 1.51 bits per heavy atom. The van der Waals surface area contributed by atoms with E-state index in [1.165, 1.54) is 30.3 Å². The first-order chi connectivity index (χ1) is 18.0. The summed E-state index contributed by atoms with van der Waals surface area (Å²) >= 11 is 0. The topological polar surface area (TPSA) is 18.5 Å². The fraction of sp³-hybridized carbons (Fsp3) is 0.226. The predicted octanol–water partition coefficient (Wildman–Crippen LogP) is 8.90. The standard InChI is InChI=1S/C30H27F3O2.CH3F/c1-21(16-18-34-27-12-6-23(7-13-27)22-2-8-25(31)9-3-22)17-19-35-28-14-15-29(30(33)20-28)24-4-10-26(32)11-5-24;1-2/h2-15,20-21H,16-19H2,1H3;1H3. The van der Waals surface area contributed by atoms with Gasteiger partial charge < -0.3 is 9.47 Å². The second kappa shape index (κ2) is 14.1. The largest absolute Gasteiger partial charge is 0.494 e. The third-order valence-corrected chi connectivity index (χ3v) is 5.89. The van der Waals surface area contributed by atoms with E-state index in [1.54, 1.807) is 36.4 Å². The van der Waals surface area contributed by atoms with Crippen LogP contribution in [0.5, 0.6) is 11.5 Å². The van der Waals surface area contributed by atoms with Crippen LogP contribution in [0.2, 0.25) is 0 Å². The molecule has 1 unspecified atom stereocenters. The fourth-order valence-corrected chi connectivity index (χ4v) is 3.74. The van der Waals surface area contributed by atoms with Crippen LogP contribution in [-0.2, 0) is 0 Å². The molecule has 0 heterocycles. The lowest BCUT2D eigenvalue weighted by molar-refractivity contribution is 0.244. The smallest absolute Gasteiger partial charge is 0.134 e. The Labute approximate surface area is 215 Å². The molecule has 1 atom stereocenters. The van der Waals surface area contributed by atoms with E-state index in [-0.39, 0.29) is 11.6 Å². The van der Waals surface area contributed by atoms with Gasteiger partial charge in [-0.25, -0.2) is 13.2 Å². The van der Waals surface area contributed by atoms with Gasteiger partial charge in [0.25, 0.3) is 0 Å². The van der Waals surface area contributed by atoms with Crippen LogP contribution in [0, 0.1) is 23.4 Å². The van der Waals surface area contributed by atoms with Gasteiger partial charge in [-0.2, -0.15) is 0 Å². The molecule has 0 aliphatic heterocycles. The molecular formula is C31H30F4O2. The van der Waals surface area contributed by atoms with Crippen LogP contribution < -0.4 is 9.47 Å². The maximum Gasteiger partial charge on any atom is 0.134 e. The maximum absolute atomic E-state index is 14.5. The maximum atomic E-state index is 14.5. The van der Waals surface area contributed by atoms with Crippen LogP contribution in [-0.4, -0.2) is 20.4 Å². The van der Waals surface area contributed by atoms with E-state index >= 15 is 0 Å². The van der Waals surface area contributed by atoms with Gasteiger partial charge >= 0.3 is 0 Å². The highest BCUT2D eigenvalue weighted by atomic mass is 19.1. The van der Waals surface area contributed by atoms with Gasteiger partial charge in [0.05, 0.1) is 20.4 Å². The molecule has 2 nitrogen and oxygen atoms in total. The van der Waals surface area contributed by atoms with Crippen molar-refractivity contribution in [3.05, 3.63) is 108 Å². The number of rotatable bonds is 10. The first-order valence-electron chi connectivity index (χ1n) is 12.0. The summed E-state index contributed by atoms with van der Waals surface area (Å²) in [6.45, 7) is 3.18. The number of halogens is 4.